The molecule has 1 aliphatic rings. The molecule has 4 rings (SSSR count). The number of likely N-dealkylation sites (tertiary alicyclic amines) is 1. The minimum absolute atomic E-state index is 0.0233. The van der Waals surface area contributed by atoms with Gasteiger partial charge in [-0.15, -0.1) is 0 Å². The van der Waals surface area contributed by atoms with Crippen LogP contribution >= 0.6 is 11.6 Å². The highest BCUT2D eigenvalue weighted by Crippen LogP contribution is 2.29. The van der Waals surface area contributed by atoms with Gasteiger partial charge in [0.2, 0.25) is 11.9 Å². The molecule has 1 amide bonds. The van der Waals surface area contributed by atoms with Gasteiger partial charge in [0.05, 0.1) is 6.20 Å². The van der Waals surface area contributed by atoms with Crippen LogP contribution in [-0.4, -0.2) is 55.3 Å². The van der Waals surface area contributed by atoms with E-state index in [1.807, 2.05) is 0 Å². The van der Waals surface area contributed by atoms with Crippen LogP contribution in [0.3, 0.4) is 0 Å². The SMILES string of the molecule is C=CC(=O)N1CCCC(Nc2nc(Nc3cnoc3)nc3n[nH]c(Cl)c23)C1. The molecule has 27 heavy (non-hydrogen) atoms. The van der Waals surface area contributed by atoms with Gasteiger partial charge in [-0.2, -0.15) is 15.1 Å². The molecule has 0 radical (unpaired) electrons. The highest BCUT2D eigenvalue weighted by Gasteiger charge is 2.24. The van der Waals surface area contributed by atoms with Crippen molar-refractivity contribution in [1.82, 2.24) is 30.2 Å². The van der Waals surface area contributed by atoms with Gasteiger partial charge in [0.15, 0.2) is 5.65 Å². The number of carbonyl (C=O) groups excluding carboxylic acids is 1. The largest absolute Gasteiger partial charge is 0.365 e. The van der Waals surface area contributed by atoms with Gasteiger partial charge in [-0.3, -0.25) is 9.89 Å². The first-order valence-electron chi connectivity index (χ1n) is 8.40. The number of fused-ring (bicyclic) bond motifs is 1. The summed E-state index contributed by atoms with van der Waals surface area (Å²) in [4.78, 5) is 22.5. The Morgan fingerprint density at radius 2 is 2.37 bits per heavy atom. The average Bonchev–Trinajstić information content (AvgIpc) is 3.31. The predicted molar refractivity (Wildman–Crippen MR) is 99.9 cm³/mol. The monoisotopic (exact) mass is 388 g/mol. The van der Waals surface area contributed by atoms with E-state index in [0.717, 1.165) is 19.4 Å². The van der Waals surface area contributed by atoms with Crippen LogP contribution in [0.2, 0.25) is 5.15 Å². The summed E-state index contributed by atoms with van der Waals surface area (Å²) in [5.74, 6) is 0.785. The summed E-state index contributed by atoms with van der Waals surface area (Å²) in [6.07, 6.45) is 6.07. The van der Waals surface area contributed by atoms with E-state index in [-0.39, 0.29) is 11.9 Å². The lowest BCUT2D eigenvalue weighted by molar-refractivity contribution is -0.127. The van der Waals surface area contributed by atoms with E-state index in [9.17, 15) is 4.79 Å². The molecule has 0 bridgehead atoms. The van der Waals surface area contributed by atoms with Crippen LogP contribution in [0, 0.1) is 0 Å². The summed E-state index contributed by atoms with van der Waals surface area (Å²) in [5.41, 5.74) is 1.04. The third-order valence-corrected chi connectivity index (χ3v) is 4.58. The van der Waals surface area contributed by atoms with Crippen molar-refractivity contribution in [3.63, 3.8) is 0 Å². The van der Waals surface area contributed by atoms with Crippen LogP contribution < -0.4 is 10.6 Å². The zero-order valence-electron chi connectivity index (χ0n) is 14.3. The average molecular weight is 389 g/mol. The van der Waals surface area contributed by atoms with E-state index in [1.165, 1.54) is 18.5 Å². The van der Waals surface area contributed by atoms with Crippen molar-refractivity contribution in [2.45, 2.75) is 18.9 Å². The molecule has 0 aromatic carbocycles. The predicted octanol–water partition coefficient (Wildman–Crippen LogP) is 2.33. The molecule has 0 saturated carbocycles. The van der Waals surface area contributed by atoms with Crippen LogP contribution in [0.1, 0.15) is 12.8 Å². The number of H-pyrrole nitrogens is 1. The first-order chi connectivity index (χ1) is 13.1. The second kappa shape index (κ2) is 7.23. The van der Waals surface area contributed by atoms with Crippen molar-refractivity contribution in [2.75, 3.05) is 23.7 Å². The van der Waals surface area contributed by atoms with Gasteiger partial charge in [-0.25, -0.2) is 0 Å². The summed E-state index contributed by atoms with van der Waals surface area (Å²) in [6, 6.07) is 0.0233. The normalized spacial score (nSPS) is 17.1. The van der Waals surface area contributed by atoms with Crippen molar-refractivity contribution in [2.24, 2.45) is 0 Å². The summed E-state index contributed by atoms with van der Waals surface area (Å²) in [5, 5.41) is 17.8. The standard InChI is InChI=1S/C16H17ClN8O2/c1-2-11(26)25-5-3-4-9(7-25)19-14-12-13(17)23-24-15(12)22-16(21-14)20-10-6-18-27-8-10/h2,6,8-9H,1,3-5,7H2,(H3,19,20,21,22,23,24). The number of nitrogens with one attached hydrogen (secondary N) is 3. The van der Waals surface area contributed by atoms with Crippen molar-refractivity contribution >= 4 is 46.0 Å². The third kappa shape index (κ3) is 3.56. The molecular weight excluding hydrogens is 372 g/mol. The second-order valence-corrected chi connectivity index (χ2v) is 6.52. The number of halogens is 1. The fraction of sp³-hybridized carbons (Fsp3) is 0.312. The Bertz CT molecular complexity index is 970. The van der Waals surface area contributed by atoms with E-state index in [1.54, 1.807) is 4.90 Å². The van der Waals surface area contributed by atoms with E-state index in [2.05, 4.69) is 42.5 Å². The highest BCUT2D eigenvalue weighted by atomic mass is 35.5. The zero-order chi connectivity index (χ0) is 18.8. The molecule has 1 aliphatic heterocycles. The van der Waals surface area contributed by atoms with E-state index < -0.39 is 0 Å². The highest BCUT2D eigenvalue weighted by molar-refractivity contribution is 6.35. The topological polar surface area (TPSA) is 125 Å². The number of hydrogen-bond acceptors (Lipinski definition) is 8. The molecule has 1 unspecified atom stereocenters. The Hall–Kier alpha value is -3.14. The molecule has 3 N–H and O–H groups in total. The van der Waals surface area contributed by atoms with Crippen LogP contribution in [-0.2, 0) is 4.79 Å². The molecule has 1 atom stereocenters. The number of piperidine rings is 1. The van der Waals surface area contributed by atoms with Gasteiger partial charge in [0.1, 0.15) is 28.3 Å². The minimum Gasteiger partial charge on any atom is -0.365 e. The van der Waals surface area contributed by atoms with Gasteiger partial charge >= 0.3 is 0 Å². The third-order valence-electron chi connectivity index (χ3n) is 4.31. The number of nitrogens with zero attached hydrogens (tertiary/aromatic N) is 5. The summed E-state index contributed by atoms with van der Waals surface area (Å²) < 4.78 is 4.80. The van der Waals surface area contributed by atoms with Crippen LogP contribution in [0.5, 0.6) is 0 Å². The molecule has 3 aromatic heterocycles. The lowest BCUT2D eigenvalue weighted by atomic mass is 10.1. The molecule has 11 heteroatoms. The summed E-state index contributed by atoms with van der Waals surface area (Å²) in [7, 11) is 0. The number of anilines is 3. The quantitative estimate of drug-likeness (QED) is 0.568. The van der Waals surface area contributed by atoms with Gasteiger partial charge in [0, 0.05) is 19.1 Å². The number of carbonyl (C=O) groups is 1. The smallest absolute Gasteiger partial charge is 0.246 e. The van der Waals surface area contributed by atoms with Gasteiger partial charge in [-0.05, 0) is 18.9 Å². The van der Waals surface area contributed by atoms with Gasteiger partial charge in [0.25, 0.3) is 0 Å². The molecule has 0 aliphatic carbocycles. The molecule has 0 spiro atoms. The Morgan fingerprint density at radius 1 is 1.48 bits per heavy atom. The van der Waals surface area contributed by atoms with Gasteiger partial charge in [-0.1, -0.05) is 23.3 Å². The number of rotatable bonds is 5. The van der Waals surface area contributed by atoms with Gasteiger partial charge < -0.3 is 20.1 Å². The fourth-order valence-corrected chi connectivity index (χ4v) is 3.28. The number of amides is 1. The maximum absolute atomic E-state index is 11.9. The Kier molecular flexibility index (Phi) is 4.63. The number of aromatic nitrogens is 5. The van der Waals surface area contributed by atoms with Crippen LogP contribution in [0.4, 0.5) is 17.5 Å². The lowest BCUT2D eigenvalue weighted by Gasteiger charge is -2.32. The second-order valence-electron chi connectivity index (χ2n) is 6.14. The number of aromatic amines is 1. The first-order valence-corrected chi connectivity index (χ1v) is 8.77. The molecule has 1 saturated heterocycles. The lowest BCUT2D eigenvalue weighted by Crippen LogP contribution is -2.44. The molecule has 3 aromatic rings. The Labute approximate surface area is 159 Å². The molecule has 140 valence electrons. The Morgan fingerprint density at radius 3 is 3.15 bits per heavy atom. The summed E-state index contributed by atoms with van der Waals surface area (Å²) >= 11 is 6.23. The van der Waals surface area contributed by atoms with Crippen molar-refractivity contribution in [3.05, 3.63) is 30.3 Å². The zero-order valence-corrected chi connectivity index (χ0v) is 15.0. The van der Waals surface area contributed by atoms with Crippen molar-refractivity contribution in [1.29, 1.82) is 0 Å². The molecule has 1 fully saturated rings. The van der Waals surface area contributed by atoms with Crippen LogP contribution in [0.25, 0.3) is 11.0 Å². The minimum atomic E-state index is -0.0782. The molecule has 4 heterocycles. The van der Waals surface area contributed by atoms with E-state index in [4.69, 9.17) is 16.1 Å². The number of hydrogen-bond donors (Lipinski definition) is 3. The maximum atomic E-state index is 11.9. The molecule has 10 nitrogen and oxygen atoms in total. The van der Waals surface area contributed by atoms with E-state index >= 15 is 0 Å². The van der Waals surface area contributed by atoms with Crippen LogP contribution in [0.15, 0.2) is 29.6 Å². The molecular formula is C16H17ClN8O2. The van der Waals surface area contributed by atoms with Crippen molar-refractivity contribution < 1.29 is 9.32 Å². The maximum Gasteiger partial charge on any atom is 0.246 e. The fourth-order valence-electron chi connectivity index (χ4n) is 3.06. The first kappa shape index (κ1) is 17.3. The Balaban J connectivity index is 1.62. The van der Waals surface area contributed by atoms with E-state index in [0.29, 0.717) is 40.2 Å². The summed E-state index contributed by atoms with van der Waals surface area (Å²) in [6.45, 7) is 4.83. The van der Waals surface area contributed by atoms with Crippen molar-refractivity contribution in [3.8, 4) is 0 Å².